The van der Waals surface area contributed by atoms with Gasteiger partial charge in [-0.1, -0.05) is 12.1 Å². The van der Waals surface area contributed by atoms with Gasteiger partial charge in [0.2, 0.25) is 11.9 Å². The Labute approximate surface area is 165 Å². The van der Waals surface area contributed by atoms with Crippen molar-refractivity contribution >= 4 is 23.4 Å². The topological polar surface area (TPSA) is 68.7 Å². The van der Waals surface area contributed by atoms with Gasteiger partial charge in [0.1, 0.15) is 0 Å². The molecule has 0 atom stereocenters. The second-order valence-electron chi connectivity index (χ2n) is 7.42. The molecule has 0 aliphatic carbocycles. The molecule has 0 radical (unpaired) electrons. The molecule has 2 aliphatic rings. The molecular weight excluding hydrogens is 354 g/mol. The van der Waals surface area contributed by atoms with Crippen LogP contribution in [0.3, 0.4) is 0 Å². The lowest BCUT2D eigenvalue weighted by Crippen LogP contribution is -2.49. The molecule has 0 spiro atoms. The number of piperazine rings is 2. The van der Waals surface area contributed by atoms with Crippen LogP contribution in [0, 0.1) is 6.92 Å². The molecule has 4 rings (SSSR count). The summed E-state index contributed by atoms with van der Waals surface area (Å²) in [7, 11) is 0. The third-order valence-electron chi connectivity index (χ3n) is 5.51. The fourth-order valence-electron chi connectivity index (χ4n) is 3.81. The van der Waals surface area contributed by atoms with Gasteiger partial charge in [0, 0.05) is 65.0 Å². The number of benzene rings is 1. The van der Waals surface area contributed by atoms with Gasteiger partial charge in [-0.15, -0.1) is 5.10 Å². The SMILES string of the molecule is CC(=O)N1CCN(c2nncc(N3CCN(c4cccc(C)c4)CC3)n2)CC1. The molecule has 1 aromatic carbocycles. The van der Waals surface area contributed by atoms with E-state index < -0.39 is 0 Å². The molecule has 8 nitrogen and oxygen atoms in total. The van der Waals surface area contributed by atoms with Crippen molar-refractivity contribution in [2.45, 2.75) is 13.8 Å². The molecule has 0 bridgehead atoms. The quantitative estimate of drug-likeness (QED) is 0.791. The maximum Gasteiger partial charge on any atom is 0.247 e. The number of anilines is 3. The molecule has 8 heteroatoms. The van der Waals surface area contributed by atoms with Crippen molar-refractivity contribution in [3.63, 3.8) is 0 Å². The van der Waals surface area contributed by atoms with Crippen molar-refractivity contribution in [2.24, 2.45) is 0 Å². The van der Waals surface area contributed by atoms with Crippen LogP contribution in [0.1, 0.15) is 12.5 Å². The first-order valence-electron chi connectivity index (χ1n) is 9.87. The Morgan fingerprint density at radius 3 is 2.29 bits per heavy atom. The van der Waals surface area contributed by atoms with E-state index in [9.17, 15) is 4.79 Å². The minimum absolute atomic E-state index is 0.124. The summed E-state index contributed by atoms with van der Waals surface area (Å²) in [5.41, 5.74) is 2.57. The first-order valence-corrected chi connectivity index (χ1v) is 9.87. The summed E-state index contributed by atoms with van der Waals surface area (Å²) in [5, 5.41) is 8.41. The summed E-state index contributed by atoms with van der Waals surface area (Å²) in [6.07, 6.45) is 1.75. The first kappa shape index (κ1) is 18.5. The van der Waals surface area contributed by atoms with E-state index in [1.807, 2.05) is 4.90 Å². The minimum Gasteiger partial charge on any atom is -0.368 e. The number of amides is 1. The van der Waals surface area contributed by atoms with E-state index in [2.05, 4.69) is 56.1 Å². The summed E-state index contributed by atoms with van der Waals surface area (Å²) >= 11 is 0. The molecule has 0 unspecified atom stereocenters. The molecule has 2 aromatic rings. The lowest BCUT2D eigenvalue weighted by Gasteiger charge is -2.37. The Hall–Kier alpha value is -2.90. The Morgan fingerprint density at radius 2 is 1.61 bits per heavy atom. The Bertz CT molecular complexity index is 827. The van der Waals surface area contributed by atoms with Crippen molar-refractivity contribution in [3.8, 4) is 0 Å². The van der Waals surface area contributed by atoms with Crippen LogP contribution in [-0.4, -0.2) is 78.3 Å². The van der Waals surface area contributed by atoms with Crippen molar-refractivity contribution in [2.75, 3.05) is 67.1 Å². The van der Waals surface area contributed by atoms with Crippen molar-refractivity contribution < 1.29 is 4.79 Å². The highest BCUT2D eigenvalue weighted by Gasteiger charge is 2.23. The predicted octanol–water partition coefficient (Wildman–Crippen LogP) is 1.18. The van der Waals surface area contributed by atoms with E-state index in [4.69, 9.17) is 4.98 Å². The number of hydrogen-bond donors (Lipinski definition) is 0. The van der Waals surface area contributed by atoms with Gasteiger partial charge in [-0.25, -0.2) is 0 Å². The lowest BCUT2D eigenvalue weighted by molar-refractivity contribution is -0.129. The number of rotatable bonds is 3. The van der Waals surface area contributed by atoms with Crippen LogP contribution >= 0.6 is 0 Å². The molecule has 1 aromatic heterocycles. The van der Waals surface area contributed by atoms with Gasteiger partial charge >= 0.3 is 0 Å². The Balaban J connectivity index is 1.38. The van der Waals surface area contributed by atoms with Crippen LogP contribution in [0.25, 0.3) is 0 Å². The van der Waals surface area contributed by atoms with E-state index in [0.717, 1.165) is 45.1 Å². The van der Waals surface area contributed by atoms with Crippen LogP contribution in [0.5, 0.6) is 0 Å². The summed E-state index contributed by atoms with van der Waals surface area (Å²) in [5.74, 6) is 1.66. The predicted molar refractivity (Wildman–Crippen MR) is 110 cm³/mol. The van der Waals surface area contributed by atoms with E-state index in [0.29, 0.717) is 19.0 Å². The maximum atomic E-state index is 11.5. The minimum atomic E-state index is 0.124. The van der Waals surface area contributed by atoms with Crippen molar-refractivity contribution in [3.05, 3.63) is 36.0 Å². The Morgan fingerprint density at radius 1 is 0.929 bits per heavy atom. The fraction of sp³-hybridized carbons (Fsp3) is 0.500. The zero-order valence-corrected chi connectivity index (χ0v) is 16.6. The number of hydrogen-bond acceptors (Lipinski definition) is 7. The monoisotopic (exact) mass is 381 g/mol. The normalized spacial score (nSPS) is 17.8. The smallest absolute Gasteiger partial charge is 0.247 e. The van der Waals surface area contributed by atoms with E-state index >= 15 is 0 Å². The zero-order chi connectivity index (χ0) is 19.5. The zero-order valence-electron chi connectivity index (χ0n) is 16.6. The van der Waals surface area contributed by atoms with Gasteiger partial charge in [0.15, 0.2) is 5.82 Å². The second kappa shape index (κ2) is 8.00. The molecular formula is C20H27N7O. The third-order valence-corrected chi connectivity index (χ3v) is 5.51. The molecule has 2 fully saturated rings. The number of aromatic nitrogens is 3. The molecule has 3 heterocycles. The summed E-state index contributed by atoms with van der Waals surface area (Å²) in [6.45, 7) is 10.4. The molecule has 28 heavy (non-hydrogen) atoms. The Kier molecular flexibility index (Phi) is 5.27. The average Bonchev–Trinajstić information content (AvgIpc) is 2.74. The van der Waals surface area contributed by atoms with Crippen LogP contribution in [0.2, 0.25) is 0 Å². The maximum absolute atomic E-state index is 11.5. The average molecular weight is 381 g/mol. The summed E-state index contributed by atoms with van der Waals surface area (Å²) < 4.78 is 0. The molecule has 2 aliphatic heterocycles. The highest BCUT2D eigenvalue weighted by Crippen LogP contribution is 2.21. The molecule has 0 N–H and O–H groups in total. The largest absolute Gasteiger partial charge is 0.368 e. The fourth-order valence-corrected chi connectivity index (χ4v) is 3.81. The highest BCUT2D eigenvalue weighted by atomic mass is 16.2. The van der Waals surface area contributed by atoms with Crippen LogP contribution < -0.4 is 14.7 Å². The van der Waals surface area contributed by atoms with Gasteiger partial charge in [0.05, 0.1) is 6.20 Å². The summed E-state index contributed by atoms with van der Waals surface area (Å²) in [6, 6.07) is 8.65. The highest BCUT2D eigenvalue weighted by molar-refractivity contribution is 5.73. The third kappa shape index (κ3) is 4.00. The van der Waals surface area contributed by atoms with E-state index in [1.165, 1.54) is 11.3 Å². The van der Waals surface area contributed by atoms with Gasteiger partial charge < -0.3 is 19.6 Å². The van der Waals surface area contributed by atoms with E-state index in [-0.39, 0.29) is 5.91 Å². The molecule has 1 amide bonds. The van der Waals surface area contributed by atoms with Gasteiger partial charge in [-0.05, 0) is 24.6 Å². The van der Waals surface area contributed by atoms with E-state index in [1.54, 1.807) is 13.1 Å². The lowest BCUT2D eigenvalue weighted by atomic mass is 10.2. The van der Waals surface area contributed by atoms with Crippen molar-refractivity contribution in [1.29, 1.82) is 0 Å². The number of nitrogens with zero attached hydrogens (tertiary/aromatic N) is 7. The van der Waals surface area contributed by atoms with Gasteiger partial charge in [-0.2, -0.15) is 10.1 Å². The summed E-state index contributed by atoms with van der Waals surface area (Å²) in [4.78, 5) is 24.9. The first-order chi connectivity index (χ1) is 13.6. The molecule has 0 saturated carbocycles. The van der Waals surface area contributed by atoms with Gasteiger partial charge in [-0.3, -0.25) is 4.79 Å². The number of aryl methyl sites for hydroxylation is 1. The van der Waals surface area contributed by atoms with Crippen LogP contribution in [-0.2, 0) is 4.79 Å². The van der Waals surface area contributed by atoms with Crippen molar-refractivity contribution in [1.82, 2.24) is 20.1 Å². The number of carbonyl (C=O) groups excluding carboxylic acids is 1. The molecule has 2 saturated heterocycles. The van der Waals surface area contributed by atoms with Gasteiger partial charge in [0.25, 0.3) is 0 Å². The number of carbonyl (C=O) groups is 1. The van der Waals surface area contributed by atoms with Crippen LogP contribution in [0.15, 0.2) is 30.5 Å². The van der Waals surface area contributed by atoms with Crippen LogP contribution in [0.4, 0.5) is 17.5 Å². The standard InChI is InChI=1S/C20H27N7O/c1-16-4-3-5-18(14-16)25-8-10-26(11-9-25)19-15-21-23-20(22-19)27-12-6-24(7-13-27)17(2)28/h3-5,14-15H,6-13H2,1-2H3. The second-order valence-corrected chi connectivity index (χ2v) is 7.42. The molecule has 148 valence electrons.